The number of fused-ring (bicyclic) bond motifs is 1. The SMILES string of the molecule is CCSCC(=O)NC[C@H]1[C@H]2CN(c3nccnc3OC)C[C@]23CC[C@H]1O3. The van der Waals surface area contributed by atoms with Crippen LogP contribution < -0.4 is 15.0 Å². The summed E-state index contributed by atoms with van der Waals surface area (Å²) < 4.78 is 11.8. The summed E-state index contributed by atoms with van der Waals surface area (Å²) in [6, 6.07) is 0. The number of carbonyl (C=O) groups excluding carboxylic acids is 1. The van der Waals surface area contributed by atoms with Crippen molar-refractivity contribution in [2.45, 2.75) is 31.5 Å². The number of ether oxygens (including phenoxy) is 2. The Labute approximate surface area is 158 Å². The average Bonchev–Trinajstić information content (AvgIpc) is 3.33. The number of hydrogen-bond acceptors (Lipinski definition) is 7. The third-order valence-corrected chi connectivity index (χ3v) is 6.77. The molecule has 1 aromatic heterocycles. The minimum absolute atomic E-state index is 0.110. The van der Waals surface area contributed by atoms with Crippen molar-refractivity contribution in [3.05, 3.63) is 12.4 Å². The predicted octanol–water partition coefficient (Wildman–Crippen LogP) is 1.34. The average molecular weight is 378 g/mol. The highest BCUT2D eigenvalue weighted by Crippen LogP contribution is 2.55. The smallest absolute Gasteiger partial charge is 0.257 e. The third kappa shape index (κ3) is 3.03. The molecule has 26 heavy (non-hydrogen) atoms. The molecule has 4 rings (SSSR count). The summed E-state index contributed by atoms with van der Waals surface area (Å²) in [5, 5.41) is 3.12. The number of thioether (sulfide) groups is 1. The van der Waals surface area contributed by atoms with E-state index in [1.54, 1.807) is 31.3 Å². The molecule has 3 aliphatic rings. The number of amides is 1. The van der Waals surface area contributed by atoms with Crippen LogP contribution in [0.5, 0.6) is 5.88 Å². The number of methoxy groups -OCH3 is 1. The van der Waals surface area contributed by atoms with Crippen LogP contribution in [0.15, 0.2) is 12.4 Å². The van der Waals surface area contributed by atoms with Crippen molar-refractivity contribution in [2.24, 2.45) is 11.8 Å². The predicted molar refractivity (Wildman–Crippen MR) is 101 cm³/mol. The minimum Gasteiger partial charge on any atom is -0.478 e. The number of nitrogens with zero attached hydrogens (tertiary/aromatic N) is 3. The molecule has 1 amide bonds. The van der Waals surface area contributed by atoms with Gasteiger partial charge in [-0.15, -0.1) is 0 Å². The zero-order chi connectivity index (χ0) is 18.1. The molecule has 3 aliphatic heterocycles. The number of anilines is 1. The molecule has 2 bridgehead atoms. The van der Waals surface area contributed by atoms with Crippen LogP contribution in [0.2, 0.25) is 0 Å². The van der Waals surface area contributed by atoms with Crippen LogP contribution in [0.25, 0.3) is 0 Å². The Bertz CT molecular complexity index is 676. The maximum absolute atomic E-state index is 12.0. The van der Waals surface area contributed by atoms with E-state index in [4.69, 9.17) is 9.47 Å². The first-order valence-corrected chi connectivity index (χ1v) is 10.4. The van der Waals surface area contributed by atoms with Gasteiger partial charge in [-0.2, -0.15) is 11.8 Å². The molecule has 0 unspecified atom stereocenters. The van der Waals surface area contributed by atoms with E-state index >= 15 is 0 Å². The molecule has 0 aliphatic carbocycles. The van der Waals surface area contributed by atoms with Crippen molar-refractivity contribution in [1.29, 1.82) is 0 Å². The lowest BCUT2D eigenvalue weighted by Crippen LogP contribution is -2.42. The van der Waals surface area contributed by atoms with E-state index in [0.29, 0.717) is 30.0 Å². The van der Waals surface area contributed by atoms with E-state index in [9.17, 15) is 4.79 Å². The van der Waals surface area contributed by atoms with Gasteiger partial charge in [0, 0.05) is 43.9 Å². The van der Waals surface area contributed by atoms with Gasteiger partial charge in [0.2, 0.25) is 5.91 Å². The summed E-state index contributed by atoms with van der Waals surface area (Å²) in [4.78, 5) is 23.0. The second-order valence-corrected chi connectivity index (χ2v) is 8.52. The van der Waals surface area contributed by atoms with E-state index < -0.39 is 0 Å². The number of nitrogens with one attached hydrogen (secondary N) is 1. The number of rotatable bonds is 7. The summed E-state index contributed by atoms with van der Waals surface area (Å²) in [5.74, 6) is 3.74. The fourth-order valence-corrected chi connectivity index (χ4v) is 5.27. The van der Waals surface area contributed by atoms with Gasteiger partial charge in [-0.25, -0.2) is 9.97 Å². The molecule has 7 nitrogen and oxygen atoms in total. The quantitative estimate of drug-likeness (QED) is 0.767. The number of hydrogen-bond donors (Lipinski definition) is 1. The Kier molecular flexibility index (Phi) is 4.96. The summed E-state index contributed by atoms with van der Waals surface area (Å²) in [6.07, 6.45) is 5.77. The lowest BCUT2D eigenvalue weighted by molar-refractivity contribution is -0.118. The van der Waals surface area contributed by atoms with Crippen LogP contribution >= 0.6 is 11.8 Å². The van der Waals surface area contributed by atoms with E-state index in [0.717, 1.165) is 37.5 Å². The highest BCUT2D eigenvalue weighted by atomic mass is 32.2. The molecular formula is C18H26N4O3S. The number of aromatic nitrogens is 2. The van der Waals surface area contributed by atoms with Gasteiger partial charge in [-0.3, -0.25) is 4.79 Å². The van der Waals surface area contributed by atoms with Crippen molar-refractivity contribution in [3.8, 4) is 5.88 Å². The van der Waals surface area contributed by atoms with E-state index in [-0.39, 0.29) is 17.6 Å². The molecular weight excluding hydrogens is 352 g/mol. The molecule has 0 radical (unpaired) electrons. The molecule has 8 heteroatoms. The van der Waals surface area contributed by atoms with Gasteiger partial charge < -0.3 is 19.7 Å². The summed E-state index contributed by atoms with van der Waals surface area (Å²) in [5.41, 5.74) is -0.110. The minimum atomic E-state index is -0.110. The molecule has 142 valence electrons. The van der Waals surface area contributed by atoms with Gasteiger partial charge in [0.25, 0.3) is 5.88 Å². The second kappa shape index (κ2) is 7.23. The molecule has 4 atom stereocenters. The maximum atomic E-state index is 12.0. The van der Waals surface area contributed by atoms with Crippen LogP contribution in [0.3, 0.4) is 0 Å². The molecule has 3 saturated heterocycles. The van der Waals surface area contributed by atoms with Crippen molar-refractivity contribution >= 4 is 23.5 Å². The molecule has 1 spiro atoms. The second-order valence-electron chi connectivity index (χ2n) is 7.24. The van der Waals surface area contributed by atoms with Gasteiger partial charge in [-0.1, -0.05) is 6.92 Å². The summed E-state index contributed by atoms with van der Waals surface area (Å²) in [7, 11) is 1.62. The Morgan fingerprint density at radius 2 is 2.35 bits per heavy atom. The largest absolute Gasteiger partial charge is 0.478 e. The normalized spacial score (nSPS) is 31.9. The first-order valence-electron chi connectivity index (χ1n) is 9.29. The van der Waals surface area contributed by atoms with E-state index in [1.165, 1.54) is 0 Å². The van der Waals surface area contributed by atoms with Crippen LogP contribution in [0, 0.1) is 11.8 Å². The zero-order valence-electron chi connectivity index (χ0n) is 15.3. The Hall–Kier alpha value is -1.54. The zero-order valence-corrected chi connectivity index (χ0v) is 16.1. The first-order chi connectivity index (χ1) is 12.7. The van der Waals surface area contributed by atoms with E-state index in [1.807, 2.05) is 0 Å². The fraction of sp³-hybridized carbons (Fsp3) is 0.722. The Morgan fingerprint density at radius 1 is 1.50 bits per heavy atom. The molecule has 0 saturated carbocycles. The Morgan fingerprint density at radius 3 is 3.15 bits per heavy atom. The molecule has 0 aromatic carbocycles. The Balaban J connectivity index is 1.45. The maximum Gasteiger partial charge on any atom is 0.257 e. The fourth-order valence-electron chi connectivity index (χ4n) is 4.78. The lowest BCUT2D eigenvalue weighted by Gasteiger charge is -2.29. The molecule has 1 aromatic rings. The van der Waals surface area contributed by atoms with E-state index in [2.05, 4.69) is 27.1 Å². The van der Waals surface area contributed by atoms with Crippen LogP contribution in [-0.4, -0.2) is 65.8 Å². The lowest BCUT2D eigenvalue weighted by atomic mass is 9.73. The molecule has 1 N–H and O–H groups in total. The van der Waals surface area contributed by atoms with Crippen molar-refractivity contribution in [2.75, 3.05) is 43.1 Å². The monoisotopic (exact) mass is 378 g/mol. The summed E-state index contributed by atoms with van der Waals surface area (Å²) in [6.45, 7) is 4.46. The van der Waals surface area contributed by atoms with Gasteiger partial charge in [0.1, 0.15) is 0 Å². The van der Waals surface area contributed by atoms with Gasteiger partial charge in [-0.05, 0) is 18.6 Å². The topological polar surface area (TPSA) is 76.6 Å². The van der Waals surface area contributed by atoms with Gasteiger partial charge in [0.15, 0.2) is 5.82 Å². The molecule has 3 fully saturated rings. The van der Waals surface area contributed by atoms with Gasteiger partial charge >= 0.3 is 0 Å². The third-order valence-electron chi connectivity index (χ3n) is 5.90. The molecule has 4 heterocycles. The van der Waals surface area contributed by atoms with Crippen molar-refractivity contribution < 1.29 is 14.3 Å². The number of carbonyl (C=O) groups is 1. The summed E-state index contributed by atoms with van der Waals surface area (Å²) >= 11 is 1.65. The van der Waals surface area contributed by atoms with Gasteiger partial charge in [0.05, 0.1) is 24.6 Å². The van der Waals surface area contributed by atoms with Crippen LogP contribution in [-0.2, 0) is 9.53 Å². The highest BCUT2D eigenvalue weighted by Gasteiger charge is 2.63. The van der Waals surface area contributed by atoms with Crippen molar-refractivity contribution in [3.63, 3.8) is 0 Å². The highest BCUT2D eigenvalue weighted by molar-refractivity contribution is 7.99. The standard InChI is InChI=1S/C18H26N4O3S/c1-3-26-10-15(23)21-8-12-13-9-22(11-18(13)5-4-14(12)25-18)16-17(24-2)20-7-6-19-16/h6-7,12-14H,3-5,8-11H2,1-2H3,(H,21,23)/t12-,13+,14+,18+/m0/s1. The first kappa shape index (κ1) is 17.9. The van der Waals surface area contributed by atoms with Crippen LogP contribution in [0.4, 0.5) is 5.82 Å². The van der Waals surface area contributed by atoms with Crippen molar-refractivity contribution in [1.82, 2.24) is 15.3 Å². The van der Waals surface area contributed by atoms with Crippen LogP contribution in [0.1, 0.15) is 19.8 Å².